The van der Waals surface area contributed by atoms with Crippen molar-refractivity contribution in [3.05, 3.63) is 53.1 Å². The van der Waals surface area contributed by atoms with Gasteiger partial charge in [0.25, 0.3) is 11.8 Å². The first-order valence-corrected chi connectivity index (χ1v) is 11.4. The van der Waals surface area contributed by atoms with Crippen LogP contribution < -0.4 is 9.47 Å². The minimum Gasteiger partial charge on any atom is -0.481 e. The van der Waals surface area contributed by atoms with Gasteiger partial charge in [-0.2, -0.15) is 4.98 Å². The number of rotatable bonds is 6. The summed E-state index contributed by atoms with van der Waals surface area (Å²) in [6, 6.07) is 11.5. The molecule has 0 spiro atoms. The monoisotopic (exact) mass is 437 g/mol. The number of carbonyl (C=O) groups excluding carboxylic acids is 2. The van der Waals surface area contributed by atoms with Gasteiger partial charge in [-0.25, -0.2) is 0 Å². The van der Waals surface area contributed by atoms with Crippen LogP contribution in [0.1, 0.15) is 52.0 Å². The molecule has 0 bridgehead atoms. The van der Waals surface area contributed by atoms with E-state index in [4.69, 9.17) is 9.47 Å². The van der Waals surface area contributed by atoms with Crippen LogP contribution in [0, 0.1) is 5.92 Å². The average molecular weight is 438 g/mol. The molecule has 0 radical (unpaired) electrons. The van der Waals surface area contributed by atoms with Crippen molar-refractivity contribution in [2.75, 3.05) is 40.4 Å². The SMILES string of the molecule is COc1ccc(C(=O)N2CCC(Cc3ccc(C(=O)N4CCCC4)cc3)CC2)c(OC)n1. The van der Waals surface area contributed by atoms with Gasteiger partial charge in [0, 0.05) is 37.8 Å². The van der Waals surface area contributed by atoms with Gasteiger partial charge in [-0.15, -0.1) is 0 Å². The molecular weight excluding hydrogens is 406 g/mol. The van der Waals surface area contributed by atoms with Crippen LogP contribution in [0.4, 0.5) is 0 Å². The van der Waals surface area contributed by atoms with Crippen molar-refractivity contribution in [2.24, 2.45) is 5.92 Å². The number of methoxy groups -OCH3 is 2. The topological polar surface area (TPSA) is 72.0 Å². The average Bonchev–Trinajstić information content (AvgIpc) is 3.39. The van der Waals surface area contributed by atoms with Gasteiger partial charge in [-0.05, 0) is 61.8 Å². The predicted octanol–water partition coefficient (Wildman–Crippen LogP) is 3.43. The lowest BCUT2D eigenvalue weighted by atomic mass is 9.89. The molecular formula is C25H31N3O4. The summed E-state index contributed by atoms with van der Waals surface area (Å²) in [5.74, 6) is 1.32. The molecule has 2 aliphatic heterocycles. The van der Waals surface area contributed by atoms with Crippen molar-refractivity contribution in [2.45, 2.75) is 32.1 Å². The fourth-order valence-corrected chi connectivity index (χ4v) is 4.59. The molecule has 2 fully saturated rings. The van der Waals surface area contributed by atoms with Gasteiger partial charge >= 0.3 is 0 Å². The Morgan fingerprint density at radius 2 is 1.53 bits per heavy atom. The molecule has 0 unspecified atom stereocenters. The Hall–Kier alpha value is -3.09. The Morgan fingerprint density at radius 1 is 0.875 bits per heavy atom. The maximum Gasteiger partial charge on any atom is 0.259 e. The second kappa shape index (κ2) is 10.0. The molecule has 2 aliphatic rings. The Morgan fingerprint density at radius 3 is 2.16 bits per heavy atom. The smallest absolute Gasteiger partial charge is 0.259 e. The van der Waals surface area contributed by atoms with E-state index >= 15 is 0 Å². The van der Waals surface area contributed by atoms with Crippen LogP contribution in [0.25, 0.3) is 0 Å². The standard InChI is InChI=1S/C25H31N3O4/c1-31-22-10-9-21(23(26-22)32-2)25(30)28-15-11-19(12-16-28)17-18-5-7-20(8-6-18)24(29)27-13-3-4-14-27/h5-10,19H,3-4,11-17H2,1-2H3. The first kappa shape index (κ1) is 22.1. The van der Waals surface area contributed by atoms with Crippen LogP contribution >= 0.6 is 0 Å². The highest BCUT2D eigenvalue weighted by Crippen LogP contribution is 2.26. The van der Waals surface area contributed by atoms with Crippen molar-refractivity contribution in [1.82, 2.24) is 14.8 Å². The summed E-state index contributed by atoms with van der Waals surface area (Å²) in [6.45, 7) is 3.17. The quantitative estimate of drug-likeness (QED) is 0.692. The molecule has 3 heterocycles. The van der Waals surface area contributed by atoms with E-state index < -0.39 is 0 Å². The first-order valence-electron chi connectivity index (χ1n) is 11.4. The van der Waals surface area contributed by atoms with Crippen LogP contribution in [-0.4, -0.2) is 67.0 Å². The molecule has 1 aromatic heterocycles. The molecule has 1 aromatic carbocycles. The fourth-order valence-electron chi connectivity index (χ4n) is 4.59. The maximum atomic E-state index is 13.0. The van der Waals surface area contributed by atoms with Gasteiger partial charge in [0.1, 0.15) is 5.56 Å². The zero-order valence-corrected chi connectivity index (χ0v) is 18.9. The lowest BCUT2D eigenvalue weighted by molar-refractivity contribution is 0.0686. The van der Waals surface area contributed by atoms with Crippen LogP contribution in [-0.2, 0) is 6.42 Å². The Bertz CT molecular complexity index is 946. The van der Waals surface area contributed by atoms with E-state index in [0.717, 1.165) is 50.8 Å². The fraction of sp³-hybridized carbons (Fsp3) is 0.480. The highest BCUT2D eigenvalue weighted by atomic mass is 16.5. The van der Waals surface area contributed by atoms with Gasteiger partial charge in [0.2, 0.25) is 11.8 Å². The van der Waals surface area contributed by atoms with Gasteiger partial charge in [-0.3, -0.25) is 9.59 Å². The first-order chi connectivity index (χ1) is 15.6. The van der Waals surface area contributed by atoms with E-state index in [9.17, 15) is 9.59 Å². The summed E-state index contributed by atoms with van der Waals surface area (Å²) in [6.07, 6.45) is 5.07. The van der Waals surface area contributed by atoms with Crippen molar-refractivity contribution >= 4 is 11.8 Å². The number of ether oxygens (including phenoxy) is 2. The van der Waals surface area contributed by atoms with Crippen molar-refractivity contribution < 1.29 is 19.1 Å². The molecule has 4 rings (SSSR count). The minimum absolute atomic E-state index is 0.0553. The zero-order valence-electron chi connectivity index (χ0n) is 18.9. The molecule has 170 valence electrons. The van der Waals surface area contributed by atoms with E-state index in [1.807, 2.05) is 21.9 Å². The van der Waals surface area contributed by atoms with Gasteiger partial charge in [0.05, 0.1) is 14.2 Å². The Kier molecular flexibility index (Phi) is 6.93. The number of amides is 2. The summed E-state index contributed by atoms with van der Waals surface area (Å²) in [7, 11) is 3.04. The summed E-state index contributed by atoms with van der Waals surface area (Å²) < 4.78 is 10.4. The number of piperidine rings is 1. The summed E-state index contributed by atoms with van der Waals surface area (Å²) in [5.41, 5.74) is 2.48. The van der Waals surface area contributed by atoms with Gasteiger partial charge in [-0.1, -0.05) is 12.1 Å². The van der Waals surface area contributed by atoms with E-state index in [2.05, 4.69) is 17.1 Å². The molecule has 0 N–H and O–H groups in total. The third kappa shape index (κ3) is 4.87. The number of benzene rings is 1. The summed E-state index contributed by atoms with van der Waals surface area (Å²) in [4.78, 5) is 33.5. The zero-order chi connectivity index (χ0) is 22.5. The molecule has 0 atom stereocenters. The normalized spacial score (nSPS) is 16.8. The van der Waals surface area contributed by atoms with Crippen molar-refractivity contribution in [3.8, 4) is 11.8 Å². The number of likely N-dealkylation sites (tertiary alicyclic amines) is 2. The summed E-state index contributed by atoms with van der Waals surface area (Å²) >= 11 is 0. The maximum absolute atomic E-state index is 13.0. The lowest BCUT2D eigenvalue weighted by Crippen LogP contribution is -2.39. The van der Waals surface area contributed by atoms with E-state index in [1.54, 1.807) is 12.1 Å². The molecule has 7 heteroatoms. The van der Waals surface area contributed by atoms with Crippen LogP contribution in [0.15, 0.2) is 36.4 Å². The van der Waals surface area contributed by atoms with Crippen molar-refractivity contribution in [1.29, 1.82) is 0 Å². The number of pyridine rings is 1. The van der Waals surface area contributed by atoms with E-state index in [0.29, 0.717) is 36.3 Å². The summed E-state index contributed by atoms with van der Waals surface area (Å²) in [5, 5.41) is 0. The lowest BCUT2D eigenvalue weighted by Gasteiger charge is -2.32. The predicted molar refractivity (Wildman–Crippen MR) is 121 cm³/mol. The van der Waals surface area contributed by atoms with Crippen LogP contribution in [0.5, 0.6) is 11.8 Å². The number of aromatic nitrogens is 1. The molecule has 2 saturated heterocycles. The van der Waals surface area contributed by atoms with Crippen LogP contribution in [0.2, 0.25) is 0 Å². The minimum atomic E-state index is -0.0553. The Balaban J connectivity index is 1.31. The second-order valence-electron chi connectivity index (χ2n) is 8.55. The van der Waals surface area contributed by atoms with E-state index in [1.165, 1.54) is 19.8 Å². The second-order valence-corrected chi connectivity index (χ2v) is 8.55. The van der Waals surface area contributed by atoms with E-state index in [-0.39, 0.29) is 11.8 Å². The van der Waals surface area contributed by atoms with Gasteiger partial charge < -0.3 is 19.3 Å². The van der Waals surface area contributed by atoms with Gasteiger partial charge in [0.15, 0.2) is 0 Å². The molecule has 32 heavy (non-hydrogen) atoms. The third-order valence-electron chi connectivity index (χ3n) is 6.49. The molecule has 2 aromatic rings. The number of hydrogen-bond acceptors (Lipinski definition) is 5. The highest BCUT2D eigenvalue weighted by molar-refractivity contribution is 5.96. The number of carbonyl (C=O) groups is 2. The number of hydrogen-bond donors (Lipinski definition) is 0. The molecule has 7 nitrogen and oxygen atoms in total. The largest absolute Gasteiger partial charge is 0.481 e. The third-order valence-corrected chi connectivity index (χ3v) is 6.49. The van der Waals surface area contributed by atoms with Crippen LogP contribution in [0.3, 0.4) is 0 Å². The molecule has 0 aliphatic carbocycles. The number of nitrogens with zero attached hydrogens (tertiary/aromatic N) is 3. The molecule has 0 saturated carbocycles. The van der Waals surface area contributed by atoms with Crippen molar-refractivity contribution in [3.63, 3.8) is 0 Å². The molecule has 2 amide bonds. The Labute approximate surface area is 189 Å². The highest BCUT2D eigenvalue weighted by Gasteiger charge is 2.26.